The lowest BCUT2D eigenvalue weighted by atomic mass is 10.3. The van der Waals surface area contributed by atoms with Crippen molar-refractivity contribution in [3.05, 3.63) is 41.7 Å². The quantitative estimate of drug-likeness (QED) is 0.552. The number of phenols is 1. The molecule has 0 radical (unpaired) electrons. The second-order valence-electron chi connectivity index (χ2n) is 3.36. The summed E-state index contributed by atoms with van der Waals surface area (Å²) in [6, 6.07) is 6.73. The molecule has 0 aliphatic rings. The molecule has 0 aliphatic carbocycles. The predicted molar refractivity (Wildman–Crippen MR) is 58.6 cm³/mol. The zero-order valence-electron chi connectivity index (χ0n) is 8.95. The first kappa shape index (κ1) is 11.6. The van der Waals surface area contributed by atoms with Crippen LogP contribution in [0.4, 0.5) is 0 Å². The van der Waals surface area contributed by atoms with E-state index in [9.17, 15) is 14.7 Å². The maximum Gasteiger partial charge on any atom is 0.361 e. The number of carboxylic acids is 1. The number of aromatic carboxylic acids is 1. The minimum atomic E-state index is -1.25. The molecule has 0 bridgehead atoms. The summed E-state index contributed by atoms with van der Waals surface area (Å²) in [7, 11) is 0. The van der Waals surface area contributed by atoms with Gasteiger partial charge in [-0.15, -0.1) is 0 Å². The van der Waals surface area contributed by atoms with Crippen molar-refractivity contribution in [1.29, 1.82) is 0 Å². The van der Waals surface area contributed by atoms with Gasteiger partial charge in [0, 0.05) is 12.1 Å². The van der Waals surface area contributed by atoms with Crippen LogP contribution in [-0.2, 0) is 0 Å². The molecule has 0 saturated heterocycles. The van der Waals surface area contributed by atoms with Crippen molar-refractivity contribution < 1.29 is 24.5 Å². The van der Waals surface area contributed by atoms with Gasteiger partial charge in [0.2, 0.25) is 0 Å². The summed E-state index contributed by atoms with van der Waals surface area (Å²) in [5.41, 5.74) is -0.367. The van der Waals surface area contributed by atoms with Crippen molar-refractivity contribution in [2.75, 3.05) is 0 Å². The molecule has 7 nitrogen and oxygen atoms in total. The molecule has 0 atom stereocenters. The lowest BCUT2D eigenvalue weighted by Crippen LogP contribution is -2.08. The van der Waals surface area contributed by atoms with Crippen LogP contribution < -0.4 is 4.74 Å². The van der Waals surface area contributed by atoms with Gasteiger partial charge in [-0.05, 0) is 12.1 Å². The number of H-pyrrole nitrogens is 1. The fourth-order valence-corrected chi connectivity index (χ4v) is 1.24. The van der Waals surface area contributed by atoms with Gasteiger partial charge >= 0.3 is 11.9 Å². The number of hydrogen-bond acceptors (Lipinski definition) is 5. The largest absolute Gasteiger partial charge is 0.508 e. The number of aromatic amines is 1. The number of aromatic hydroxyl groups is 1. The number of nitrogens with zero attached hydrogens (tertiary/aromatic N) is 1. The van der Waals surface area contributed by atoms with E-state index in [0.717, 1.165) is 6.07 Å². The minimum absolute atomic E-state index is 0.0452. The van der Waals surface area contributed by atoms with Crippen LogP contribution in [0.3, 0.4) is 0 Å². The molecule has 0 unspecified atom stereocenters. The third-order valence-electron chi connectivity index (χ3n) is 2.05. The zero-order valence-corrected chi connectivity index (χ0v) is 8.95. The Balaban J connectivity index is 2.14. The molecule has 1 heterocycles. The zero-order chi connectivity index (χ0) is 13.1. The van der Waals surface area contributed by atoms with Crippen LogP contribution in [0.25, 0.3) is 0 Å². The molecule has 0 fully saturated rings. The number of ether oxygens (including phenoxy) is 1. The van der Waals surface area contributed by atoms with E-state index < -0.39 is 11.9 Å². The number of aromatic nitrogens is 2. The van der Waals surface area contributed by atoms with Crippen molar-refractivity contribution in [1.82, 2.24) is 10.2 Å². The lowest BCUT2D eigenvalue weighted by Gasteiger charge is -2.02. The van der Waals surface area contributed by atoms with Gasteiger partial charge in [-0.2, -0.15) is 5.10 Å². The Morgan fingerprint density at radius 1 is 1.28 bits per heavy atom. The number of carbonyl (C=O) groups excluding carboxylic acids is 1. The van der Waals surface area contributed by atoms with Gasteiger partial charge < -0.3 is 14.9 Å². The summed E-state index contributed by atoms with van der Waals surface area (Å²) >= 11 is 0. The number of benzene rings is 1. The lowest BCUT2D eigenvalue weighted by molar-refractivity contribution is 0.0689. The predicted octanol–water partition coefficient (Wildman–Crippen LogP) is 1.03. The van der Waals surface area contributed by atoms with Gasteiger partial charge in [0.1, 0.15) is 17.2 Å². The van der Waals surface area contributed by atoms with Gasteiger partial charge in [0.25, 0.3) is 0 Å². The molecule has 2 aromatic rings. The smallest absolute Gasteiger partial charge is 0.361 e. The van der Waals surface area contributed by atoms with Crippen molar-refractivity contribution in [3.63, 3.8) is 0 Å². The van der Waals surface area contributed by atoms with E-state index >= 15 is 0 Å². The Kier molecular flexibility index (Phi) is 2.96. The number of phenolic OH excluding ortho intramolecular Hbond substituents is 1. The van der Waals surface area contributed by atoms with Gasteiger partial charge in [-0.1, -0.05) is 6.07 Å². The molecule has 18 heavy (non-hydrogen) atoms. The molecule has 1 aromatic heterocycles. The van der Waals surface area contributed by atoms with E-state index in [4.69, 9.17) is 9.84 Å². The monoisotopic (exact) mass is 248 g/mol. The molecule has 0 amide bonds. The Hall–Kier alpha value is -2.83. The third-order valence-corrected chi connectivity index (χ3v) is 2.05. The number of nitrogens with one attached hydrogen (secondary N) is 1. The molecule has 3 N–H and O–H groups in total. The number of esters is 1. The van der Waals surface area contributed by atoms with E-state index in [2.05, 4.69) is 10.2 Å². The van der Waals surface area contributed by atoms with Gasteiger partial charge in [0.15, 0.2) is 5.69 Å². The van der Waals surface area contributed by atoms with E-state index in [1.54, 1.807) is 0 Å². The Labute approximate surface area is 101 Å². The first-order chi connectivity index (χ1) is 8.56. The fourth-order valence-electron chi connectivity index (χ4n) is 1.24. The highest BCUT2D eigenvalue weighted by atomic mass is 16.5. The molecular weight excluding hydrogens is 240 g/mol. The van der Waals surface area contributed by atoms with E-state index in [1.807, 2.05) is 0 Å². The molecule has 0 aliphatic heterocycles. The molecular formula is C11H8N2O5. The second kappa shape index (κ2) is 4.58. The first-order valence-corrected chi connectivity index (χ1v) is 4.86. The topological polar surface area (TPSA) is 113 Å². The maximum atomic E-state index is 11.6. The Morgan fingerprint density at radius 2 is 2.06 bits per heavy atom. The molecule has 0 saturated carbocycles. The van der Waals surface area contributed by atoms with Crippen LogP contribution in [0.15, 0.2) is 30.3 Å². The molecule has 2 rings (SSSR count). The Morgan fingerprint density at radius 3 is 2.67 bits per heavy atom. The van der Waals surface area contributed by atoms with Crippen molar-refractivity contribution in [3.8, 4) is 11.5 Å². The summed E-state index contributed by atoms with van der Waals surface area (Å²) in [5, 5.41) is 23.5. The van der Waals surface area contributed by atoms with E-state index in [1.165, 1.54) is 24.3 Å². The van der Waals surface area contributed by atoms with E-state index in [0.29, 0.717) is 0 Å². The van der Waals surface area contributed by atoms with Crippen molar-refractivity contribution in [2.24, 2.45) is 0 Å². The summed E-state index contributed by atoms with van der Waals surface area (Å²) in [6.45, 7) is 0. The SMILES string of the molecule is O=C(O)c1cc(C(=O)Oc2cccc(O)c2)[nH]n1. The van der Waals surface area contributed by atoms with Crippen LogP contribution in [-0.4, -0.2) is 32.3 Å². The molecule has 7 heteroatoms. The second-order valence-corrected chi connectivity index (χ2v) is 3.36. The van der Waals surface area contributed by atoms with Crippen LogP contribution in [0, 0.1) is 0 Å². The maximum absolute atomic E-state index is 11.6. The number of rotatable bonds is 3. The van der Waals surface area contributed by atoms with Crippen LogP contribution in [0.1, 0.15) is 21.0 Å². The van der Waals surface area contributed by atoms with Crippen molar-refractivity contribution in [2.45, 2.75) is 0 Å². The highest BCUT2D eigenvalue weighted by Crippen LogP contribution is 2.18. The van der Waals surface area contributed by atoms with Crippen LogP contribution in [0.2, 0.25) is 0 Å². The Bertz CT molecular complexity index is 605. The highest BCUT2D eigenvalue weighted by Gasteiger charge is 2.15. The van der Waals surface area contributed by atoms with Crippen molar-refractivity contribution >= 4 is 11.9 Å². The molecule has 1 aromatic carbocycles. The van der Waals surface area contributed by atoms with E-state index in [-0.39, 0.29) is 22.9 Å². The molecule has 92 valence electrons. The molecule has 0 spiro atoms. The fraction of sp³-hybridized carbons (Fsp3) is 0. The summed E-state index contributed by atoms with van der Waals surface area (Å²) in [5.74, 6) is -1.94. The average Bonchev–Trinajstić information content (AvgIpc) is 2.78. The van der Waals surface area contributed by atoms with Gasteiger partial charge in [-0.3, -0.25) is 5.10 Å². The van der Waals surface area contributed by atoms with Crippen LogP contribution >= 0.6 is 0 Å². The van der Waals surface area contributed by atoms with Gasteiger partial charge in [-0.25, -0.2) is 9.59 Å². The third kappa shape index (κ3) is 2.46. The summed E-state index contributed by atoms with van der Waals surface area (Å²) in [6.07, 6.45) is 0. The number of hydrogen-bond donors (Lipinski definition) is 3. The van der Waals surface area contributed by atoms with Crippen LogP contribution in [0.5, 0.6) is 11.5 Å². The standard InChI is InChI=1S/C11H8N2O5/c14-6-2-1-3-7(4-6)18-11(17)9-5-8(10(15)16)12-13-9/h1-5,14H,(H,12,13)(H,15,16). The average molecular weight is 248 g/mol. The highest BCUT2D eigenvalue weighted by molar-refractivity contribution is 5.93. The first-order valence-electron chi connectivity index (χ1n) is 4.86. The minimum Gasteiger partial charge on any atom is -0.508 e. The number of carbonyl (C=O) groups is 2. The normalized spacial score (nSPS) is 10.0. The summed E-state index contributed by atoms with van der Waals surface area (Å²) < 4.78 is 4.91. The summed E-state index contributed by atoms with van der Waals surface area (Å²) in [4.78, 5) is 22.2. The van der Waals surface area contributed by atoms with Gasteiger partial charge in [0.05, 0.1) is 0 Å². The number of carboxylic acid groups (broad SMARTS) is 1.